The Kier molecular flexibility index (Phi) is 14.4. The van der Waals surface area contributed by atoms with Gasteiger partial charge in [0.15, 0.2) is 0 Å². The molecule has 1 aliphatic rings. The van der Waals surface area contributed by atoms with Crippen LogP contribution >= 0.6 is 0 Å². The van der Waals surface area contributed by atoms with E-state index < -0.39 is 18.3 Å². The molecule has 4 atom stereocenters. The molecule has 0 spiro atoms. The van der Waals surface area contributed by atoms with Gasteiger partial charge in [0.1, 0.15) is 0 Å². The number of allylic oxidation sites excluding steroid dienone is 12. The minimum absolute atomic E-state index is 0.0250. The molecule has 0 bridgehead atoms. The highest BCUT2D eigenvalue weighted by atomic mass is 16.3. The Hall–Kier alpha value is -2.73. The fraction of sp³-hybridized carbons (Fsp3) is 0.370. The van der Waals surface area contributed by atoms with Gasteiger partial charge in [0.25, 0.3) is 0 Å². The van der Waals surface area contributed by atoms with Crippen molar-refractivity contribution in [1.82, 2.24) is 5.32 Å². The number of amides is 1. The third kappa shape index (κ3) is 15.1. The topological polar surface area (TPSA) is 89.8 Å². The van der Waals surface area contributed by atoms with E-state index in [4.69, 9.17) is 0 Å². The van der Waals surface area contributed by atoms with Crippen LogP contribution in [0.1, 0.15) is 39.5 Å². The van der Waals surface area contributed by atoms with Gasteiger partial charge >= 0.3 is 0 Å². The van der Waals surface area contributed by atoms with Crippen molar-refractivity contribution in [2.75, 3.05) is 0 Å². The van der Waals surface area contributed by atoms with Gasteiger partial charge in [0.05, 0.1) is 18.3 Å². The van der Waals surface area contributed by atoms with Crippen LogP contribution in [-0.2, 0) is 4.79 Å². The third-order valence-electron chi connectivity index (χ3n) is 4.58. The van der Waals surface area contributed by atoms with Crippen molar-refractivity contribution in [2.45, 2.75) is 63.9 Å². The average molecular weight is 440 g/mol. The molecular formula is C27H37NO4. The lowest BCUT2D eigenvalue weighted by Gasteiger charge is -2.16. The zero-order valence-electron chi connectivity index (χ0n) is 19.0. The Morgan fingerprint density at radius 2 is 1.44 bits per heavy atom. The van der Waals surface area contributed by atoms with E-state index in [0.717, 1.165) is 12.0 Å². The standard InChI is InChI=1S/C27H37NO4/c1-22-14-8-6-7-10-18-25(30)21-26(31)20-24(29)17-9-4-3-5-11-19-27(32)28-23(2)16-13-12-15-22/h3-15,18-19,23-26,29-31H,16-17,20-21H2,1-2H3,(H,28,32). The van der Waals surface area contributed by atoms with Crippen LogP contribution in [-0.4, -0.2) is 45.6 Å². The highest BCUT2D eigenvalue weighted by Crippen LogP contribution is 2.10. The van der Waals surface area contributed by atoms with E-state index in [1.54, 1.807) is 42.5 Å². The summed E-state index contributed by atoms with van der Waals surface area (Å²) in [7, 11) is 0. The van der Waals surface area contributed by atoms with Gasteiger partial charge in [-0.05, 0) is 33.1 Å². The van der Waals surface area contributed by atoms with E-state index in [1.165, 1.54) is 6.08 Å². The Labute approximate surface area is 192 Å². The van der Waals surface area contributed by atoms with Gasteiger partial charge < -0.3 is 20.6 Å². The maximum Gasteiger partial charge on any atom is 0.244 e. The van der Waals surface area contributed by atoms with Gasteiger partial charge in [-0.15, -0.1) is 0 Å². The summed E-state index contributed by atoms with van der Waals surface area (Å²) >= 11 is 0. The summed E-state index contributed by atoms with van der Waals surface area (Å²) in [6.45, 7) is 3.95. The summed E-state index contributed by atoms with van der Waals surface area (Å²) in [5, 5.41) is 33.0. The highest BCUT2D eigenvalue weighted by Gasteiger charge is 2.13. The summed E-state index contributed by atoms with van der Waals surface area (Å²) in [6, 6.07) is 0.0250. The Morgan fingerprint density at radius 1 is 0.781 bits per heavy atom. The van der Waals surface area contributed by atoms with E-state index in [0.29, 0.717) is 6.42 Å². The van der Waals surface area contributed by atoms with Crippen LogP contribution < -0.4 is 5.32 Å². The molecule has 4 unspecified atom stereocenters. The molecule has 0 aliphatic carbocycles. The molecule has 0 aromatic heterocycles. The molecule has 0 aromatic rings. The molecule has 0 fully saturated rings. The second-order valence-electron chi connectivity index (χ2n) is 7.87. The van der Waals surface area contributed by atoms with Crippen molar-refractivity contribution < 1.29 is 20.1 Å². The van der Waals surface area contributed by atoms with Gasteiger partial charge in [-0.3, -0.25) is 4.79 Å². The quantitative estimate of drug-likeness (QED) is 0.459. The predicted molar refractivity (Wildman–Crippen MR) is 132 cm³/mol. The van der Waals surface area contributed by atoms with E-state index in [-0.39, 0.29) is 24.8 Å². The maximum atomic E-state index is 11.9. The summed E-state index contributed by atoms with van der Waals surface area (Å²) < 4.78 is 0. The molecule has 32 heavy (non-hydrogen) atoms. The Morgan fingerprint density at radius 3 is 2.22 bits per heavy atom. The van der Waals surface area contributed by atoms with E-state index >= 15 is 0 Å². The fourth-order valence-corrected chi connectivity index (χ4v) is 2.89. The number of nitrogens with one attached hydrogen (secondary N) is 1. The van der Waals surface area contributed by atoms with Crippen LogP contribution in [0, 0.1) is 0 Å². The normalized spacial score (nSPS) is 27.3. The monoisotopic (exact) mass is 439 g/mol. The van der Waals surface area contributed by atoms with Crippen molar-refractivity contribution in [3.05, 3.63) is 96.7 Å². The van der Waals surface area contributed by atoms with Crippen LogP contribution in [0.5, 0.6) is 0 Å². The van der Waals surface area contributed by atoms with Crippen molar-refractivity contribution in [1.29, 1.82) is 0 Å². The molecule has 0 radical (unpaired) electrons. The first-order valence-corrected chi connectivity index (χ1v) is 11.1. The molecule has 174 valence electrons. The number of aliphatic hydroxyl groups is 3. The molecule has 0 saturated carbocycles. The lowest BCUT2D eigenvalue weighted by atomic mass is 10.0. The molecule has 4 N–H and O–H groups in total. The SMILES string of the molecule is CC1=CC=CCC(C)NC(=O)C=CC=CC=CCC(O)CC(O)CC(O)C=CC=CC=C1. The molecule has 1 amide bonds. The molecule has 0 saturated heterocycles. The van der Waals surface area contributed by atoms with Crippen LogP contribution in [0.3, 0.4) is 0 Å². The molecule has 1 aliphatic heterocycles. The number of hydrogen-bond donors (Lipinski definition) is 4. The van der Waals surface area contributed by atoms with Gasteiger partial charge in [0.2, 0.25) is 5.91 Å². The van der Waals surface area contributed by atoms with Crippen molar-refractivity contribution in [3.8, 4) is 0 Å². The summed E-state index contributed by atoms with van der Waals surface area (Å²) in [5.41, 5.74) is 1.08. The lowest BCUT2D eigenvalue weighted by molar-refractivity contribution is -0.117. The molecule has 5 heteroatoms. The maximum absolute atomic E-state index is 11.9. The number of carbonyl (C=O) groups is 1. The van der Waals surface area contributed by atoms with Gasteiger partial charge in [-0.2, -0.15) is 0 Å². The van der Waals surface area contributed by atoms with Gasteiger partial charge in [-0.1, -0.05) is 90.6 Å². The summed E-state index contributed by atoms with van der Waals surface area (Å²) in [5.74, 6) is -0.150. The minimum Gasteiger partial charge on any atom is -0.393 e. The number of hydrogen-bond acceptors (Lipinski definition) is 4. The van der Waals surface area contributed by atoms with E-state index in [9.17, 15) is 20.1 Å². The Bertz CT molecular complexity index is 783. The van der Waals surface area contributed by atoms with Crippen LogP contribution in [0.2, 0.25) is 0 Å². The molecule has 0 aromatic carbocycles. The van der Waals surface area contributed by atoms with E-state index in [1.807, 2.05) is 56.4 Å². The molecule has 1 heterocycles. The highest BCUT2D eigenvalue weighted by molar-refractivity contribution is 5.87. The predicted octanol–water partition coefficient (Wildman–Crippen LogP) is 3.99. The minimum atomic E-state index is -0.791. The first kappa shape index (κ1) is 27.3. The number of rotatable bonds is 0. The smallest absolute Gasteiger partial charge is 0.244 e. The second kappa shape index (κ2) is 16.9. The van der Waals surface area contributed by atoms with Crippen molar-refractivity contribution in [2.24, 2.45) is 0 Å². The summed E-state index contributed by atoms with van der Waals surface area (Å²) in [6.07, 6.45) is 26.3. The third-order valence-corrected chi connectivity index (χ3v) is 4.58. The van der Waals surface area contributed by atoms with Gasteiger partial charge in [-0.25, -0.2) is 0 Å². The van der Waals surface area contributed by atoms with Gasteiger partial charge in [0, 0.05) is 18.5 Å². The average Bonchev–Trinajstić information content (AvgIpc) is 2.72. The Balaban J connectivity index is 2.79. The van der Waals surface area contributed by atoms with Crippen LogP contribution in [0.25, 0.3) is 0 Å². The first-order chi connectivity index (χ1) is 15.4. The molecular weight excluding hydrogens is 402 g/mol. The van der Waals surface area contributed by atoms with Crippen LogP contribution in [0.15, 0.2) is 96.7 Å². The van der Waals surface area contributed by atoms with Crippen molar-refractivity contribution in [3.63, 3.8) is 0 Å². The number of aliphatic hydroxyl groups excluding tert-OH is 3. The zero-order chi connectivity index (χ0) is 23.6. The van der Waals surface area contributed by atoms with E-state index in [2.05, 4.69) is 5.32 Å². The van der Waals surface area contributed by atoms with Crippen molar-refractivity contribution >= 4 is 5.91 Å². The number of carbonyl (C=O) groups excluding carboxylic acids is 1. The first-order valence-electron chi connectivity index (χ1n) is 11.1. The fourth-order valence-electron chi connectivity index (χ4n) is 2.89. The molecule has 5 nitrogen and oxygen atoms in total. The van der Waals surface area contributed by atoms with Crippen LogP contribution in [0.4, 0.5) is 0 Å². The lowest BCUT2D eigenvalue weighted by Crippen LogP contribution is -2.30. The second-order valence-corrected chi connectivity index (χ2v) is 7.87. The largest absolute Gasteiger partial charge is 0.393 e. The molecule has 1 rings (SSSR count). The summed E-state index contributed by atoms with van der Waals surface area (Å²) in [4.78, 5) is 11.9. The zero-order valence-corrected chi connectivity index (χ0v) is 19.0.